The van der Waals surface area contributed by atoms with Gasteiger partial charge in [-0.1, -0.05) is 6.58 Å². The summed E-state index contributed by atoms with van der Waals surface area (Å²) in [6.07, 6.45) is 5.44. The molecule has 4 saturated carbocycles. The molecule has 2 unspecified atom stereocenters. The number of hydrogen-bond donors (Lipinski definition) is 0. The Kier molecular flexibility index (Phi) is 2.32. The van der Waals surface area contributed by atoms with Crippen molar-refractivity contribution in [2.45, 2.75) is 44.1 Å². The minimum atomic E-state index is -0.615. The molecule has 0 N–H and O–H groups in total. The number of rotatable bonds is 2. The van der Waals surface area contributed by atoms with Gasteiger partial charge in [-0.15, -0.1) is 0 Å². The van der Waals surface area contributed by atoms with Crippen molar-refractivity contribution in [1.29, 1.82) is 10.5 Å². The third-order valence-electron chi connectivity index (χ3n) is 4.98. The number of esters is 1. The fraction of sp³-hybridized carbons (Fsp3) is 0.667. The van der Waals surface area contributed by atoms with Crippen molar-refractivity contribution in [3.63, 3.8) is 0 Å². The van der Waals surface area contributed by atoms with Crippen LogP contribution in [0.3, 0.4) is 0 Å². The van der Waals surface area contributed by atoms with E-state index in [9.17, 15) is 15.3 Å². The van der Waals surface area contributed by atoms with Gasteiger partial charge in [0, 0.05) is 18.9 Å². The Bertz CT molecular complexity index is 509. The zero-order valence-corrected chi connectivity index (χ0v) is 10.8. The van der Waals surface area contributed by atoms with Crippen LogP contribution < -0.4 is 0 Å². The fourth-order valence-electron chi connectivity index (χ4n) is 4.97. The summed E-state index contributed by atoms with van der Waals surface area (Å²) in [6.45, 7) is 3.43. The van der Waals surface area contributed by atoms with Crippen molar-refractivity contribution in [1.82, 2.24) is 0 Å². The van der Waals surface area contributed by atoms with E-state index < -0.39 is 22.4 Å². The number of carbonyl (C=O) groups excluding carboxylic acids is 1. The van der Waals surface area contributed by atoms with Gasteiger partial charge in [-0.25, -0.2) is 4.79 Å². The first kappa shape index (κ1) is 12.2. The van der Waals surface area contributed by atoms with Crippen LogP contribution in [0.15, 0.2) is 12.7 Å². The van der Waals surface area contributed by atoms with Crippen molar-refractivity contribution in [3.05, 3.63) is 12.7 Å². The van der Waals surface area contributed by atoms with Gasteiger partial charge in [0.25, 0.3) is 0 Å². The molecule has 2 atom stereocenters. The SMILES string of the molecule is C=CC(=O)OC12CC3CC(C#N)(CC(C#N)(C3)C1)C2. The van der Waals surface area contributed by atoms with Gasteiger partial charge in [0.15, 0.2) is 0 Å². The zero-order chi connectivity index (χ0) is 13.7. The van der Waals surface area contributed by atoms with Crippen LogP contribution in [0.4, 0.5) is 0 Å². The maximum absolute atomic E-state index is 11.6. The summed E-state index contributed by atoms with van der Waals surface area (Å²) in [5.41, 5.74) is -1.57. The molecule has 19 heavy (non-hydrogen) atoms. The third kappa shape index (κ3) is 1.67. The van der Waals surface area contributed by atoms with Crippen molar-refractivity contribution in [2.24, 2.45) is 16.7 Å². The topological polar surface area (TPSA) is 73.9 Å². The number of hydrogen-bond acceptors (Lipinski definition) is 4. The monoisotopic (exact) mass is 256 g/mol. The molecule has 98 valence electrons. The summed E-state index contributed by atoms with van der Waals surface area (Å²) in [5.74, 6) is -0.115. The summed E-state index contributed by atoms with van der Waals surface area (Å²) in [4.78, 5) is 11.6. The van der Waals surface area contributed by atoms with Gasteiger partial charge >= 0.3 is 5.97 Å². The first-order valence-electron chi connectivity index (χ1n) is 6.66. The van der Waals surface area contributed by atoms with E-state index in [4.69, 9.17) is 4.74 Å². The van der Waals surface area contributed by atoms with Gasteiger partial charge in [0.2, 0.25) is 0 Å². The highest BCUT2D eigenvalue weighted by atomic mass is 16.6. The van der Waals surface area contributed by atoms with Gasteiger partial charge in [-0.05, 0) is 31.6 Å². The first-order chi connectivity index (χ1) is 8.98. The molecule has 0 amide bonds. The van der Waals surface area contributed by atoms with Gasteiger partial charge in [-0.3, -0.25) is 0 Å². The molecule has 4 aliphatic carbocycles. The Morgan fingerprint density at radius 2 is 1.74 bits per heavy atom. The molecule has 4 bridgehead atoms. The lowest BCUT2D eigenvalue weighted by Gasteiger charge is -2.61. The molecule has 0 aliphatic heterocycles. The Morgan fingerprint density at radius 3 is 2.21 bits per heavy atom. The van der Waals surface area contributed by atoms with Crippen molar-refractivity contribution in [2.75, 3.05) is 0 Å². The molecule has 4 fully saturated rings. The van der Waals surface area contributed by atoms with E-state index in [0.29, 0.717) is 25.2 Å². The predicted molar refractivity (Wildman–Crippen MR) is 66.3 cm³/mol. The maximum atomic E-state index is 11.6. The van der Waals surface area contributed by atoms with Crippen LogP contribution >= 0.6 is 0 Å². The molecule has 4 nitrogen and oxygen atoms in total. The van der Waals surface area contributed by atoms with Crippen LogP contribution in [-0.2, 0) is 9.53 Å². The predicted octanol–water partition coefficient (Wildman–Crippen LogP) is 2.47. The summed E-state index contributed by atoms with van der Waals surface area (Å²) < 4.78 is 5.59. The quantitative estimate of drug-likeness (QED) is 0.562. The Labute approximate surface area is 112 Å². The molecule has 0 aromatic carbocycles. The summed E-state index contributed by atoms with van der Waals surface area (Å²) in [5, 5.41) is 19.1. The highest BCUT2D eigenvalue weighted by Crippen LogP contribution is 2.67. The van der Waals surface area contributed by atoms with E-state index in [0.717, 1.165) is 25.3 Å². The molecule has 4 heteroatoms. The van der Waals surface area contributed by atoms with E-state index in [1.165, 1.54) is 0 Å². The molecule has 4 aliphatic rings. The first-order valence-corrected chi connectivity index (χ1v) is 6.66. The molecule has 0 saturated heterocycles. The normalized spacial score (nSPS) is 46.1. The maximum Gasteiger partial charge on any atom is 0.330 e. The molecule has 4 rings (SSSR count). The number of nitrogens with zero attached hydrogens (tertiary/aromatic N) is 2. The van der Waals surface area contributed by atoms with Gasteiger partial charge in [-0.2, -0.15) is 10.5 Å². The van der Waals surface area contributed by atoms with Crippen LogP contribution in [0.5, 0.6) is 0 Å². The van der Waals surface area contributed by atoms with Crippen molar-refractivity contribution < 1.29 is 9.53 Å². The molecule has 0 spiro atoms. The number of nitriles is 2. The largest absolute Gasteiger partial charge is 0.456 e. The minimum absolute atomic E-state index is 0.327. The Balaban J connectivity index is 2.00. The van der Waals surface area contributed by atoms with Crippen LogP contribution in [0.25, 0.3) is 0 Å². The molecule has 0 aromatic heterocycles. The van der Waals surface area contributed by atoms with Crippen LogP contribution in [0, 0.1) is 39.4 Å². The second-order valence-electron chi connectivity index (χ2n) is 6.60. The molecule has 0 radical (unpaired) electrons. The average molecular weight is 256 g/mol. The van der Waals surface area contributed by atoms with Crippen LogP contribution in [0.2, 0.25) is 0 Å². The van der Waals surface area contributed by atoms with Crippen molar-refractivity contribution >= 4 is 5.97 Å². The van der Waals surface area contributed by atoms with Crippen LogP contribution in [-0.4, -0.2) is 11.6 Å². The van der Waals surface area contributed by atoms with Gasteiger partial charge < -0.3 is 4.74 Å². The van der Waals surface area contributed by atoms with E-state index in [-0.39, 0.29) is 0 Å². The lowest BCUT2D eigenvalue weighted by Crippen LogP contribution is -2.60. The summed E-state index contributed by atoms with van der Waals surface area (Å²) in [6, 6.07) is 4.83. The van der Waals surface area contributed by atoms with Crippen LogP contribution in [0.1, 0.15) is 38.5 Å². The third-order valence-corrected chi connectivity index (χ3v) is 4.98. The van der Waals surface area contributed by atoms with E-state index in [2.05, 4.69) is 18.7 Å². The Morgan fingerprint density at radius 1 is 1.16 bits per heavy atom. The summed E-state index contributed by atoms with van der Waals surface area (Å²) in [7, 11) is 0. The minimum Gasteiger partial charge on any atom is -0.456 e. The van der Waals surface area contributed by atoms with E-state index >= 15 is 0 Å². The molecule has 0 heterocycles. The zero-order valence-electron chi connectivity index (χ0n) is 10.8. The smallest absolute Gasteiger partial charge is 0.330 e. The summed E-state index contributed by atoms with van der Waals surface area (Å²) >= 11 is 0. The standard InChI is InChI=1S/C15H16N2O2/c1-2-12(18)19-15-5-11-3-13(7-15,9-16)6-14(4-11,8-15)10-17/h2,11H,1,3-8H2. The van der Waals surface area contributed by atoms with Crippen molar-refractivity contribution in [3.8, 4) is 12.1 Å². The lowest BCUT2D eigenvalue weighted by atomic mass is 9.43. The number of carbonyl (C=O) groups is 1. The second kappa shape index (κ2) is 3.61. The molecular formula is C15H16N2O2. The van der Waals surface area contributed by atoms with E-state index in [1.54, 1.807) is 0 Å². The highest BCUT2D eigenvalue weighted by Gasteiger charge is 2.65. The molecule has 0 aromatic rings. The number of ether oxygens (including phenoxy) is 1. The average Bonchev–Trinajstić information content (AvgIpc) is 2.36. The Hall–Kier alpha value is -1.81. The van der Waals surface area contributed by atoms with E-state index in [1.807, 2.05) is 0 Å². The molecular weight excluding hydrogens is 240 g/mol. The van der Waals surface area contributed by atoms with Gasteiger partial charge in [0.05, 0.1) is 23.0 Å². The second-order valence-corrected chi connectivity index (χ2v) is 6.60. The fourth-order valence-corrected chi connectivity index (χ4v) is 4.97. The highest BCUT2D eigenvalue weighted by molar-refractivity contribution is 5.81. The van der Waals surface area contributed by atoms with Gasteiger partial charge in [0.1, 0.15) is 5.60 Å². The lowest BCUT2D eigenvalue weighted by molar-refractivity contribution is -0.199.